The van der Waals surface area contributed by atoms with Crippen molar-refractivity contribution in [3.05, 3.63) is 18.5 Å². The van der Waals surface area contributed by atoms with Crippen LogP contribution in [-0.2, 0) is 14.8 Å². The molecule has 0 saturated heterocycles. The summed E-state index contributed by atoms with van der Waals surface area (Å²) in [6, 6.07) is 1.48. The number of nitrogens with one attached hydrogen (secondary N) is 1. The smallest absolute Gasteiger partial charge is 0.244 e. The summed E-state index contributed by atoms with van der Waals surface area (Å²) in [4.78, 5) is 2.88. The van der Waals surface area contributed by atoms with Gasteiger partial charge in [0, 0.05) is 32.6 Å². The van der Waals surface area contributed by atoms with E-state index in [9.17, 15) is 8.42 Å². The summed E-state index contributed by atoms with van der Waals surface area (Å²) in [6.45, 7) is 0.373. The van der Waals surface area contributed by atoms with Gasteiger partial charge in [-0.2, -0.15) is 4.31 Å². The summed E-state index contributed by atoms with van der Waals surface area (Å²) in [5, 5.41) is 8.84. The van der Waals surface area contributed by atoms with Crippen molar-refractivity contribution in [2.45, 2.75) is 4.90 Å². The van der Waals surface area contributed by atoms with Crippen molar-refractivity contribution in [1.29, 1.82) is 0 Å². The Balaban J connectivity index is 2.84. The lowest BCUT2D eigenvalue weighted by molar-refractivity contribution is 0.168. The Labute approximate surface area is 94.9 Å². The van der Waals surface area contributed by atoms with Gasteiger partial charge in [0.15, 0.2) is 0 Å². The van der Waals surface area contributed by atoms with Crippen LogP contribution >= 0.6 is 0 Å². The highest BCUT2D eigenvalue weighted by Gasteiger charge is 2.23. The van der Waals surface area contributed by atoms with Gasteiger partial charge in [-0.05, 0) is 6.07 Å². The summed E-state index contributed by atoms with van der Waals surface area (Å²) >= 11 is 0. The third kappa shape index (κ3) is 3.05. The Bertz CT molecular complexity index is 388. The SMILES string of the molecule is COCCN(CCO)S(=O)(=O)c1cc[nH]c1. The van der Waals surface area contributed by atoms with Crippen LogP contribution in [0.15, 0.2) is 23.4 Å². The zero-order valence-electron chi connectivity index (χ0n) is 9.09. The summed E-state index contributed by atoms with van der Waals surface area (Å²) in [7, 11) is -2.03. The summed E-state index contributed by atoms with van der Waals surface area (Å²) in [5.41, 5.74) is 0. The number of aliphatic hydroxyl groups is 1. The zero-order valence-corrected chi connectivity index (χ0v) is 9.90. The first kappa shape index (κ1) is 13.2. The van der Waals surface area contributed by atoms with Gasteiger partial charge < -0.3 is 14.8 Å². The van der Waals surface area contributed by atoms with Crippen molar-refractivity contribution in [2.24, 2.45) is 0 Å². The zero-order chi connectivity index (χ0) is 12.0. The maximum atomic E-state index is 12.0. The summed E-state index contributed by atoms with van der Waals surface area (Å²) < 4.78 is 30.1. The van der Waals surface area contributed by atoms with E-state index in [1.54, 1.807) is 6.20 Å². The lowest BCUT2D eigenvalue weighted by Gasteiger charge is -2.19. The number of rotatable bonds is 7. The molecule has 16 heavy (non-hydrogen) atoms. The van der Waals surface area contributed by atoms with Gasteiger partial charge in [0.25, 0.3) is 0 Å². The fourth-order valence-corrected chi connectivity index (χ4v) is 2.67. The maximum absolute atomic E-state index is 12.0. The van der Waals surface area contributed by atoms with E-state index in [2.05, 4.69) is 4.98 Å². The van der Waals surface area contributed by atoms with Crippen LogP contribution in [-0.4, -0.2) is 56.2 Å². The third-order valence-electron chi connectivity index (χ3n) is 2.10. The molecule has 1 rings (SSSR count). The fraction of sp³-hybridized carbons (Fsp3) is 0.556. The van der Waals surface area contributed by atoms with E-state index in [0.717, 1.165) is 0 Å². The average Bonchev–Trinajstić information content (AvgIpc) is 2.77. The molecule has 1 heterocycles. The van der Waals surface area contributed by atoms with Crippen molar-refractivity contribution in [2.75, 3.05) is 33.4 Å². The molecule has 6 nitrogen and oxygen atoms in total. The van der Waals surface area contributed by atoms with Crippen molar-refractivity contribution in [3.8, 4) is 0 Å². The van der Waals surface area contributed by atoms with Crippen LogP contribution in [0.1, 0.15) is 0 Å². The highest BCUT2D eigenvalue weighted by Crippen LogP contribution is 2.13. The van der Waals surface area contributed by atoms with Gasteiger partial charge in [0.2, 0.25) is 10.0 Å². The Kier molecular flexibility index (Phi) is 4.94. The van der Waals surface area contributed by atoms with Crippen molar-refractivity contribution >= 4 is 10.0 Å². The Morgan fingerprint density at radius 1 is 1.50 bits per heavy atom. The van der Waals surface area contributed by atoms with Gasteiger partial charge in [0.05, 0.1) is 18.1 Å². The molecule has 0 spiro atoms. The number of aromatic amines is 1. The molecule has 0 saturated carbocycles. The second kappa shape index (κ2) is 6.00. The number of nitrogens with zero attached hydrogens (tertiary/aromatic N) is 1. The molecule has 0 aromatic carbocycles. The van der Waals surface area contributed by atoms with Crippen molar-refractivity contribution in [3.63, 3.8) is 0 Å². The minimum Gasteiger partial charge on any atom is -0.395 e. The highest BCUT2D eigenvalue weighted by atomic mass is 32.2. The van der Waals surface area contributed by atoms with Crippen LogP contribution in [0.5, 0.6) is 0 Å². The minimum atomic E-state index is -3.53. The molecule has 2 N–H and O–H groups in total. The maximum Gasteiger partial charge on any atom is 0.244 e. The molecule has 92 valence electrons. The first-order chi connectivity index (χ1) is 7.62. The molecule has 0 fully saturated rings. The molecular formula is C9H16N2O4S. The quantitative estimate of drug-likeness (QED) is 0.690. The van der Waals surface area contributed by atoms with Gasteiger partial charge in [-0.15, -0.1) is 0 Å². The Morgan fingerprint density at radius 3 is 2.75 bits per heavy atom. The summed E-state index contributed by atoms with van der Waals surface area (Å²) in [6.07, 6.45) is 2.95. The van der Waals surface area contributed by atoms with E-state index in [1.807, 2.05) is 0 Å². The number of sulfonamides is 1. The van der Waals surface area contributed by atoms with Crippen molar-refractivity contribution < 1.29 is 18.3 Å². The van der Waals surface area contributed by atoms with Gasteiger partial charge in [-0.25, -0.2) is 8.42 Å². The molecule has 1 aromatic rings. The van der Waals surface area contributed by atoms with Crippen LogP contribution in [0.3, 0.4) is 0 Å². The van der Waals surface area contributed by atoms with E-state index < -0.39 is 10.0 Å². The molecule has 0 amide bonds. The number of hydrogen-bond acceptors (Lipinski definition) is 4. The minimum absolute atomic E-state index is 0.0663. The Morgan fingerprint density at radius 2 is 2.25 bits per heavy atom. The van der Waals surface area contributed by atoms with E-state index in [4.69, 9.17) is 9.84 Å². The van der Waals surface area contributed by atoms with Crippen LogP contribution in [0, 0.1) is 0 Å². The molecule has 1 aromatic heterocycles. The second-order valence-electron chi connectivity index (χ2n) is 3.17. The second-order valence-corrected chi connectivity index (χ2v) is 5.11. The van der Waals surface area contributed by atoms with Crippen LogP contribution in [0.25, 0.3) is 0 Å². The number of aromatic nitrogens is 1. The van der Waals surface area contributed by atoms with E-state index in [0.29, 0.717) is 6.61 Å². The van der Waals surface area contributed by atoms with Gasteiger partial charge in [0.1, 0.15) is 0 Å². The molecular weight excluding hydrogens is 232 g/mol. The topological polar surface area (TPSA) is 82.6 Å². The number of aliphatic hydroxyl groups excluding tert-OH is 1. The van der Waals surface area contributed by atoms with Gasteiger partial charge in [-0.3, -0.25) is 0 Å². The predicted octanol–water partition coefficient (Wildman–Crippen LogP) is -0.356. The van der Waals surface area contributed by atoms with Crippen molar-refractivity contribution in [1.82, 2.24) is 9.29 Å². The molecule has 0 bridgehead atoms. The third-order valence-corrected chi connectivity index (χ3v) is 4.00. The van der Waals surface area contributed by atoms with Crippen LogP contribution in [0.2, 0.25) is 0 Å². The highest BCUT2D eigenvalue weighted by molar-refractivity contribution is 7.89. The monoisotopic (exact) mass is 248 g/mol. The molecule has 7 heteroatoms. The molecule has 0 radical (unpaired) electrons. The molecule has 0 aliphatic carbocycles. The predicted molar refractivity (Wildman–Crippen MR) is 58.5 cm³/mol. The number of hydrogen-bond donors (Lipinski definition) is 2. The number of ether oxygens (including phenoxy) is 1. The largest absolute Gasteiger partial charge is 0.395 e. The average molecular weight is 248 g/mol. The standard InChI is InChI=1S/C9H16N2O4S/c1-15-7-5-11(4-6-12)16(13,14)9-2-3-10-8-9/h2-3,8,10,12H,4-7H2,1H3. The number of methoxy groups -OCH3 is 1. The lowest BCUT2D eigenvalue weighted by atomic mass is 10.6. The summed E-state index contributed by atoms with van der Waals surface area (Å²) in [5.74, 6) is 0. The van der Waals surface area contributed by atoms with E-state index in [1.165, 1.54) is 23.7 Å². The van der Waals surface area contributed by atoms with E-state index >= 15 is 0 Å². The van der Waals surface area contributed by atoms with Gasteiger partial charge >= 0.3 is 0 Å². The first-order valence-electron chi connectivity index (χ1n) is 4.85. The van der Waals surface area contributed by atoms with Gasteiger partial charge in [-0.1, -0.05) is 0 Å². The Hall–Kier alpha value is -0.890. The molecule has 0 unspecified atom stereocenters. The molecule has 0 aliphatic heterocycles. The molecule has 0 atom stereocenters. The normalized spacial score (nSPS) is 12.2. The van der Waals surface area contributed by atoms with E-state index in [-0.39, 0.29) is 24.6 Å². The first-order valence-corrected chi connectivity index (χ1v) is 6.29. The van der Waals surface area contributed by atoms with Crippen LogP contribution in [0.4, 0.5) is 0 Å². The molecule has 0 aliphatic rings. The van der Waals surface area contributed by atoms with Crippen LogP contribution < -0.4 is 0 Å². The number of H-pyrrole nitrogens is 1. The fourth-order valence-electron chi connectivity index (χ4n) is 1.27. The lowest BCUT2D eigenvalue weighted by Crippen LogP contribution is -2.36.